The van der Waals surface area contributed by atoms with Crippen LogP contribution in [0.25, 0.3) is 0 Å². The number of hydrogen-bond donors (Lipinski definition) is 6. The molecule has 0 aliphatic rings. The third-order valence-corrected chi connectivity index (χ3v) is 6.40. The van der Waals surface area contributed by atoms with E-state index in [1.165, 1.54) is 32.6 Å². The zero-order valence-electron chi connectivity index (χ0n) is 23.9. The van der Waals surface area contributed by atoms with Crippen LogP contribution in [-0.4, -0.2) is 65.4 Å². The van der Waals surface area contributed by atoms with Crippen molar-refractivity contribution >= 4 is 30.7 Å². The molecule has 0 aliphatic carbocycles. The summed E-state index contributed by atoms with van der Waals surface area (Å²) in [6, 6.07) is 6.35. The molecule has 0 saturated carbocycles. The Morgan fingerprint density at radius 3 is 2.00 bits per heavy atom. The lowest BCUT2D eigenvalue weighted by atomic mass is 9.92. The van der Waals surface area contributed by atoms with E-state index in [4.69, 9.17) is 10.0 Å². The van der Waals surface area contributed by atoms with Crippen molar-refractivity contribution in [2.45, 2.75) is 104 Å². The first-order chi connectivity index (χ1) is 18.5. The molecule has 10 nitrogen and oxygen atoms in total. The number of unbranched alkanes of at least 4 members (excludes halogenated alkanes) is 6. The maximum Gasteiger partial charge on any atom is 0.472 e. The van der Waals surface area contributed by atoms with Gasteiger partial charge in [-0.3, -0.25) is 19.2 Å². The highest BCUT2D eigenvalue weighted by Gasteiger charge is 2.30. The van der Waals surface area contributed by atoms with Crippen LogP contribution >= 0.6 is 0 Å². The number of benzene rings is 1. The standard InChI is InChI=1S/C28H47BN4O6/c1-5-6-7-8-9-10-14-17-24(34)33-25(20(2)3)28(37)32-23(18-22-15-12-11-13-16-22)27(36)31-21(4)26(35)30-19-29(38)39/h11-13,15-16,20-21,23,25,38-39H,5-10,14,17-19H2,1-4H3,(H,30,35)(H,31,36)(H,32,37)(H,33,34)/t21-,23-,25-/m0/s1. The van der Waals surface area contributed by atoms with Crippen LogP contribution in [0.1, 0.15) is 84.6 Å². The largest absolute Gasteiger partial charge is 0.472 e. The molecule has 4 amide bonds. The number of carbonyl (C=O) groups excluding carboxylic acids is 4. The van der Waals surface area contributed by atoms with Crippen molar-refractivity contribution in [3.05, 3.63) is 35.9 Å². The summed E-state index contributed by atoms with van der Waals surface area (Å²) in [6.45, 7) is 7.28. The van der Waals surface area contributed by atoms with Crippen molar-refractivity contribution in [2.75, 3.05) is 6.44 Å². The average molecular weight is 547 g/mol. The van der Waals surface area contributed by atoms with Crippen LogP contribution < -0.4 is 21.3 Å². The van der Waals surface area contributed by atoms with Crippen LogP contribution in [0.3, 0.4) is 0 Å². The van der Waals surface area contributed by atoms with Gasteiger partial charge in [0.1, 0.15) is 18.1 Å². The molecule has 0 aliphatic heterocycles. The first kappa shape index (κ1) is 34.1. The zero-order chi connectivity index (χ0) is 29.2. The molecule has 1 aromatic carbocycles. The minimum absolute atomic E-state index is 0.179. The Hall–Kier alpha value is -2.92. The average Bonchev–Trinajstić information content (AvgIpc) is 2.89. The summed E-state index contributed by atoms with van der Waals surface area (Å²) >= 11 is 0. The summed E-state index contributed by atoms with van der Waals surface area (Å²) in [7, 11) is -1.71. The van der Waals surface area contributed by atoms with Crippen molar-refractivity contribution in [3.8, 4) is 0 Å². The van der Waals surface area contributed by atoms with Gasteiger partial charge in [0.25, 0.3) is 0 Å². The molecule has 6 N–H and O–H groups in total. The van der Waals surface area contributed by atoms with Crippen LogP contribution in [0.15, 0.2) is 30.3 Å². The summed E-state index contributed by atoms with van der Waals surface area (Å²) < 4.78 is 0. The van der Waals surface area contributed by atoms with Gasteiger partial charge < -0.3 is 31.3 Å². The smallest absolute Gasteiger partial charge is 0.426 e. The van der Waals surface area contributed by atoms with E-state index >= 15 is 0 Å². The van der Waals surface area contributed by atoms with E-state index in [0.717, 1.165) is 24.8 Å². The van der Waals surface area contributed by atoms with Gasteiger partial charge in [0.2, 0.25) is 23.6 Å². The maximum absolute atomic E-state index is 13.3. The van der Waals surface area contributed by atoms with Crippen LogP contribution in [0.2, 0.25) is 0 Å². The summed E-state index contributed by atoms with van der Waals surface area (Å²) in [5.74, 6) is -2.05. The Bertz CT molecular complexity index is 884. The lowest BCUT2D eigenvalue weighted by Gasteiger charge is -2.26. The normalized spacial score (nSPS) is 13.2. The molecule has 1 rings (SSSR count). The molecule has 1 aromatic rings. The van der Waals surface area contributed by atoms with E-state index in [1.807, 2.05) is 44.2 Å². The molecule has 0 spiro atoms. The number of hydrogen-bond acceptors (Lipinski definition) is 6. The summed E-state index contributed by atoms with van der Waals surface area (Å²) in [5, 5.41) is 28.4. The van der Waals surface area contributed by atoms with E-state index < -0.39 is 43.0 Å². The Balaban J connectivity index is 2.80. The topological polar surface area (TPSA) is 157 Å². The first-order valence-electron chi connectivity index (χ1n) is 14.1. The molecule has 0 radical (unpaired) electrons. The van der Waals surface area contributed by atoms with E-state index in [0.29, 0.717) is 6.42 Å². The molecule has 0 aromatic heterocycles. The second-order valence-corrected chi connectivity index (χ2v) is 10.4. The predicted octanol–water partition coefficient (Wildman–Crippen LogP) is 1.63. The molecule has 218 valence electrons. The van der Waals surface area contributed by atoms with Crippen molar-refractivity contribution in [1.29, 1.82) is 0 Å². The Morgan fingerprint density at radius 2 is 1.41 bits per heavy atom. The molecule has 11 heteroatoms. The maximum atomic E-state index is 13.3. The predicted molar refractivity (Wildman–Crippen MR) is 152 cm³/mol. The number of nitrogens with one attached hydrogen (secondary N) is 4. The van der Waals surface area contributed by atoms with Gasteiger partial charge in [0.15, 0.2) is 0 Å². The van der Waals surface area contributed by atoms with Crippen molar-refractivity contribution in [2.24, 2.45) is 5.92 Å². The molecule has 3 atom stereocenters. The van der Waals surface area contributed by atoms with E-state index in [1.54, 1.807) is 0 Å². The van der Waals surface area contributed by atoms with Crippen molar-refractivity contribution in [3.63, 3.8) is 0 Å². The first-order valence-corrected chi connectivity index (χ1v) is 14.1. The summed E-state index contributed by atoms with van der Waals surface area (Å²) in [5.41, 5.74) is 0.808. The Kier molecular flexibility index (Phi) is 16.8. The van der Waals surface area contributed by atoms with Crippen LogP contribution in [0.4, 0.5) is 0 Å². The van der Waals surface area contributed by atoms with Gasteiger partial charge in [-0.1, -0.05) is 89.6 Å². The van der Waals surface area contributed by atoms with Gasteiger partial charge in [-0.2, -0.15) is 0 Å². The van der Waals surface area contributed by atoms with Crippen LogP contribution in [0, 0.1) is 5.92 Å². The van der Waals surface area contributed by atoms with Gasteiger partial charge in [0.05, 0.1) is 6.44 Å². The number of carbonyl (C=O) groups is 4. The van der Waals surface area contributed by atoms with Crippen LogP contribution in [-0.2, 0) is 25.6 Å². The number of amides is 4. The highest BCUT2D eigenvalue weighted by atomic mass is 16.4. The van der Waals surface area contributed by atoms with E-state index in [2.05, 4.69) is 28.2 Å². The second-order valence-electron chi connectivity index (χ2n) is 10.4. The summed E-state index contributed by atoms with van der Waals surface area (Å²) in [4.78, 5) is 51.2. The molecule has 39 heavy (non-hydrogen) atoms. The fraction of sp³-hybridized carbons (Fsp3) is 0.643. The molecule has 0 unspecified atom stereocenters. The van der Waals surface area contributed by atoms with Crippen LogP contribution in [0.5, 0.6) is 0 Å². The van der Waals surface area contributed by atoms with Crippen molar-refractivity contribution < 1.29 is 29.2 Å². The fourth-order valence-corrected chi connectivity index (χ4v) is 4.07. The third-order valence-electron chi connectivity index (χ3n) is 6.40. The van der Waals surface area contributed by atoms with Crippen molar-refractivity contribution in [1.82, 2.24) is 21.3 Å². The minimum atomic E-state index is -1.71. The van der Waals surface area contributed by atoms with Gasteiger partial charge >= 0.3 is 7.12 Å². The molecule has 0 heterocycles. The molecule has 0 saturated heterocycles. The Labute approximate surface area is 233 Å². The number of rotatable bonds is 19. The SMILES string of the molecule is CCCCCCCCCC(=O)N[C@H](C(=O)N[C@@H](Cc1ccccc1)C(=O)N[C@@H](C)C(=O)NCB(O)O)C(C)C. The monoisotopic (exact) mass is 546 g/mol. The van der Waals surface area contributed by atoms with E-state index in [-0.39, 0.29) is 24.7 Å². The third kappa shape index (κ3) is 14.7. The highest BCUT2D eigenvalue weighted by molar-refractivity contribution is 6.41. The molecular formula is C28H47BN4O6. The molecule has 0 fully saturated rings. The van der Waals surface area contributed by atoms with Gasteiger partial charge in [-0.15, -0.1) is 0 Å². The molecular weight excluding hydrogens is 499 g/mol. The molecule has 0 bridgehead atoms. The summed E-state index contributed by atoms with van der Waals surface area (Å²) in [6.07, 6.45) is 7.77. The van der Waals surface area contributed by atoms with Gasteiger partial charge in [-0.25, -0.2) is 0 Å². The Morgan fingerprint density at radius 1 is 0.795 bits per heavy atom. The highest BCUT2D eigenvalue weighted by Crippen LogP contribution is 2.10. The quantitative estimate of drug-likeness (QED) is 0.114. The fourth-order valence-electron chi connectivity index (χ4n) is 4.07. The minimum Gasteiger partial charge on any atom is -0.426 e. The van der Waals surface area contributed by atoms with E-state index in [9.17, 15) is 19.2 Å². The van der Waals surface area contributed by atoms with Gasteiger partial charge in [-0.05, 0) is 24.8 Å². The zero-order valence-corrected chi connectivity index (χ0v) is 23.9. The van der Waals surface area contributed by atoms with Gasteiger partial charge in [0, 0.05) is 12.8 Å². The lowest BCUT2D eigenvalue weighted by molar-refractivity contribution is -0.134. The lowest BCUT2D eigenvalue weighted by Crippen LogP contribution is -2.58. The second kappa shape index (κ2) is 19.2.